The standard InChI is InChI=1S/C24H33N3O2/c1-4-7-18(14-17(2)3)16-26-12-10-19(11-13-26)27-22-9-6-5-8-20(22)21(24(27)29)15-23(25)28/h5-6,8-9,14-15,18-19H,4,7,10-13,16H2,1-3H3,(H2,25,28)/b21-15-. The van der Waals surface area contributed by atoms with E-state index in [0.29, 0.717) is 11.5 Å². The molecule has 0 radical (unpaired) electrons. The van der Waals surface area contributed by atoms with Crippen molar-refractivity contribution in [3.8, 4) is 0 Å². The number of piperidine rings is 1. The summed E-state index contributed by atoms with van der Waals surface area (Å²) in [6.45, 7) is 9.64. The van der Waals surface area contributed by atoms with Crippen molar-refractivity contribution in [3.63, 3.8) is 0 Å². The third-order valence-corrected chi connectivity index (χ3v) is 5.83. The van der Waals surface area contributed by atoms with Crippen LogP contribution in [0.4, 0.5) is 5.69 Å². The lowest BCUT2D eigenvalue weighted by molar-refractivity contribution is -0.115. The van der Waals surface area contributed by atoms with Crippen LogP contribution in [0.3, 0.4) is 0 Å². The van der Waals surface area contributed by atoms with Gasteiger partial charge in [0.05, 0.1) is 11.3 Å². The molecule has 0 spiro atoms. The molecule has 0 aromatic heterocycles. The molecule has 5 nitrogen and oxygen atoms in total. The Morgan fingerprint density at radius 2 is 1.93 bits per heavy atom. The maximum absolute atomic E-state index is 13.1. The van der Waals surface area contributed by atoms with Crippen LogP contribution in [0, 0.1) is 5.92 Å². The second kappa shape index (κ2) is 9.40. The van der Waals surface area contributed by atoms with Gasteiger partial charge in [0, 0.05) is 37.3 Å². The molecule has 2 amide bonds. The van der Waals surface area contributed by atoms with E-state index in [0.717, 1.165) is 43.7 Å². The van der Waals surface area contributed by atoms with E-state index in [9.17, 15) is 9.59 Å². The molecule has 1 aromatic rings. The highest BCUT2D eigenvalue weighted by Crippen LogP contribution is 2.39. The van der Waals surface area contributed by atoms with Crippen molar-refractivity contribution in [1.29, 1.82) is 0 Å². The molecule has 156 valence electrons. The van der Waals surface area contributed by atoms with Crippen molar-refractivity contribution < 1.29 is 9.59 Å². The number of nitrogens with zero attached hydrogens (tertiary/aromatic N) is 2. The van der Waals surface area contributed by atoms with Gasteiger partial charge in [-0.3, -0.25) is 9.59 Å². The molecule has 1 atom stereocenters. The van der Waals surface area contributed by atoms with E-state index in [1.54, 1.807) is 0 Å². The van der Waals surface area contributed by atoms with Gasteiger partial charge in [-0.15, -0.1) is 0 Å². The first-order valence-corrected chi connectivity index (χ1v) is 10.7. The summed E-state index contributed by atoms with van der Waals surface area (Å²) in [5.74, 6) is -0.0845. The first-order chi connectivity index (χ1) is 13.9. The summed E-state index contributed by atoms with van der Waals surface area (Å²) in [6, 6.07) is 7.85. The van der Waals surface area contributed by atoms with E-state index < -0.39 is 5.91 Å². The number of nitrogens with two attached hydrogens (primary N) is 1. The largest absolute Gasteiger partial charge is 0.366 e. The van der Waals surface area contributed by atoms with Gasteiger partial charge < -0.3 is 15.5 Å². The number of amides is 2. The molecule has 1 aromatic carbocycles. The highest BCUT2D eigenvalue weighted by molar-refractivity contribution is 6.35. The number of hydrogen-bond donors (Lipinski definition) is 1. The molecule has 2 aliphatic heterocycles. The maximum Gasteiger partial charge on any atom is 0.259 e. The second-order valence-corrected chi connectivity index (χ2v) is 8.48. The van der Waals surface area contributed by atoms with E-state index in [2.05, 4.69) is 31.7 Å². The minimum absolute atomic E-state index is 0.100. The number of carbonyl (C=O) groups excluding carboxylic acids is 2. The van der Waals surface area contributed by atoms with Crippen LogP contribution in [0.1, 0.15) is 52.0 Å². The quantitative estimate of drug-likeness (QED) is 0.565. The molecule has 2 N–H and O–H groups in total. The van der Waals surface area contributed by atoms with Crippen LogP contribution < -0.4 is 10.6 Å². The fraction of sp³-hybridized carbons (Fsp3) is 0.500. The predicted octanol–water partition coefficient (Wildman–Crippen LogP) is 3.75. The number of fused-ring (bicyclic) bond motifs is 1. The predicted molar refractivity (Wildman–Crippen MR) is 118 cm³/mol. The Hall–Kier alpha value is -2.40. The van der Waals surface area contributed by atoms with Crippen LogP contribution in [0.15, 0.2) is 42.0 Å². The summed E-state index contributed by atoms with van der Waals surface area (Å²) in [5, 5.41) is 0. The highest BCUT2D eigenvalue weighted by atomic mass is 16.2. The van der Waals surface area contributed by atoms with Crippen LogP contribution >= 0.6 is 0 Å². The lowest BCUT2D eigenvalue weighted by atomic mass is 9.97. The lowest BCUT2D eigenvalue weighted by Gasteiger charge is -2.38. The van der Waals surface area contributed by atoms with Gasteiger partial charge in [0.2, 0.25) is 5.91 Å². The second-order valence-electron chi connectivity index (χ2n) is 8.48. The van der Waals surface area contributed by atoms with Crippen molar-refractivity contribution >= 4 is 23.1 Å². The Kier molecular flexibility index (Phi) is 6.91. The van der Waals surface area contributed by atoms with E-state index >= 15 is 0 Å². The molecule has 5 heteroatoms. The van der Waals surface area contributed by atoms with Crippen LogP contribution in [0.25, 0.3) is 5.57 Å². The summed E-state index contributed by atoms with van der Waals surface area (Å²) >= 11 is 0. The summed E-state index contributed by atoms with van der Waals surface area (Å²) < 4.78 is 0. The molecule has 1 saturated heterocycles. The van der Waals surface area contributed by atoms with Crippen molar-refractivity contribution in [3.05, 3.63) is 47.6 Å². The Bertz CT molecular complexity index is 815. The smallest absolute Gasteiger partial charge is 0.259 e. The molecule has 29 heavy (non-hydrogen) atoms. The Labute approximate surface area is 174 Å². The van der Waals surface area contributed by atoms with Crippen molar-refractivity contribution in [2.24, 2.45) is 11.7 Å². The highest BCUT2D eigenvalue weighted by Gasteiger charge is 2.38. The van der Waals surface area contributed by atoms with Gasteiger partial charge in [-0.25, -0.2) is 0 Å². The average Bonchev–Trinajstić information content (AvgIpc) is 2.94. The minimum atomic E-state index is -0.582. The zero-order chi connectivity index (χ0) is 21.0. The van der Waals surface area contributed by atoms with Gasteiger partial charge in [0.25, 0.3) is 5.91 Å². The zero-order valence-electron chi connectivity index (χ0n) is 17.9. The van der Waals surface area contributed by atoms with Gasteiger partial charge in [-0.2, -0.15) is 0 Å². The van der Waals surface area contributed by atoms with Gasteiger partial charge in [0.15, 0.2) is 0 Å². The Balaban J connectivity index is 1.70. The number of carbonyl (C=O) groups is 2. The number of rotatable bonds is 7. The van der Waals surface area contributed by atoms with Gasteiger partial charge >= 0.3 is 0 Å². The van der Waals surface area contributed by atoms with Crippen molar-refractivity contribution in [2.45, 2.75) is 52.5 Å². The number of benzene rings is 1. The zero-order valence-corrected chi connectivity index (χ0v) is 17.9. The number of para-hydroxylation sites is 1. The first-order valence-electron chi connectivity index (χ1n) is 10.7. The number of likely N-dealkylation sites (tertiary alicyclic amines) is 1. The minimum Gasteiger partial charge on any atom is -0.366 e. The van der Waals surface area contributed by atoms with Crippen LogP contribution in [0.5, 0.6) is 0 Å². The van der Waals surface area contributed by atoms with Crippen molar-refractivity contribution in [1.82, 2.24) is 4.90 Å². The molecule has 1 fully saturated rings. The lowest BCUT2D eigenvalue weighted by Crippen LogP contribution is -2.47. The fourth-order valence-corrected chi connectivity index (χ4v) is 4.67. The number of hydrogen-bond acceptors (Lipinski definition) is 3. The van der Waals surface area contributed by atoms with Gasteiger partial charge in [-0.1, -0.05) is 43.2 Å². The Morgan fingerprint density at radius 1 is 1.24 bits per heavy atom. The first kappa shape index (κ1) is 21.3. The monoisotopic (exact) mass is 395 g/mol. The fourth-order valence-electron chi connectivity index (χ4n) is 4.67. The molecular formula is C24H33N3O2. The third-order valence-electron chi connectivity index (χ3n) is 5.83. The molecule has 3 rings (SSSR count). The van der Waals surface area contributed by atoms with Crippen molar-refractivity contribution in [2.75, 3.05) is 24.5 Å². The number of anilines is 1. The number of primary amides is 1. The molecular weight excluding hydrogens is 362 g/mol. The van der Waals surface area contributed by atoms with E-state index in [1.165, 1.54) is 24.5 Å². The van der Waals surface area contributed by atoms with Crippen LogP contribution in [-0.4, -0.2) is 42.4 Å². The van der Waals surface area contributed by atoms with Crippen LogP contribution in [0.2, 0.25) is 0 Å². The molecule has 2 aliphatic rings. The summed E-state index contributed by atoms with van der Waals surface area (Å²) in [6.07, 6.45) is 7.96. The summed E-state index contributed by atoms with van der Waals surface area (Å²) in [5.41, 5.74) is 8.85. The SMILES string of the molecule is CCCC(C=C(C)C)CN1CCC(N2C(=O)/C(=C\C(N)=O)c3ccccc32)CC1. The van der Waals surface area contributed by atoms with E-state index in [4.69, 9.17) is 5.73 Å². The third kappa shape index (κ3) is 4.96. The molecule has 2 heterocycles. The van der Waals surface area contributed by atoms with E-state index in [-0.39, 0.29) is 11.9 Å². The van der Waals surface area contributed by atoms with E-state index in [1.807, 2.05) is 29.2 Å². The van der Waals surface area contributed by atoms with Gasteiger partial charge in [-0.05, 0) is 45.1 Å². The summed E-state index contributed by atoms with van der Waals surface area (Å²) in [7, 11) is 0. The molecule has 0 bridgehead atoms. The topological polar surface area (TPSA) is 66.6 Å². The Morgan fingerprint density at radius 3 is 2.55 bits per heavy atom. The normalized spacial score (nSPS) is 20.0. The van der Waals surface area contributed by atoms with Crippen LogP contribution in [-0.2, 0) is 9.59 Å². The maximum atomic E-state index is 13.1. The molecule has 0 saturated carbocycles. The average molecular weight is 396 g/mol. The van der Waals surface area contributed by atoms with Gasteiger partial charge in [0.1, 0.15) is 0 Å². The molecule has 0 aliphatic carbocycles. The summed E-state index contributed by atoms with van der Waals surface area (Å²) in [4.78, 5) is 28.9. The molecule has 1 unspecified atom stereocenters. The number of allylic oxidation sites excluding steroid dienone is 1.